The van der Waals surface area contributed by atoms with E-state index in [9.17, 15) is 13.2 Å². The van der Waals surface area contributed by atoms with E-state index in [0.29, 0.717) is 23.8 Å². The summed E-state index contributed by atoms with van der Waals surface area (Å²) in [6, 6.07) is 6.32. The van der Waals surface area contributed by atoms with E-state index in [1.165, 1.54) is 31.0 Å². The lowest BCUT2D eigenvalue weighted by atomic mass is 10.2. The van der Waals surface area contributed by atoms with Gasteiger partial charge in [0.05, 0.1) is 13.7 Å². The maximum atomic E-state index is 12.5. The average Bonchev–Trinajstić information content (AvgIpc) is 2.99. The number of amides is 1. The summed E-state index contributed by atoms with van der Waals surface area (Å²) in [6.07, 6.45) is 1.37. The number of carbonyl (C=O) groups excluding carboxylic acids is 1. The van der Waals surface area contributed by atoms with Crippen molar-refractivity contribution in [3.8, 4) is 11.5 Å². The summed E-state index contributed by atoms with van der Waals surface area (Å²) in [7, 11) is 0.807. The number of carbonyl (C=O) groups is 1. The Bertz CT molecular complexity index is 874. The summed E-state index contributed by atoms with van der Waals surface area (Å²) in [4.78, 5) is 12.5. The summed E-state index contributed by atoms with van der Waals surface area (Å²) < 4.78 is 38.0. The van der Waals surface area contributed by atoms with Gasteiger partial charge >= 0.3 is 0 Å². The molecule has 0 saturated carbocycles. The van der Waals surface area contributed by atoms with E-state index in [1.54, 1.807) is 25.2 Å². The highest BCUT2D eigenvalue weighted by atomic mass is 32.2. The van der Waals surface area contributed by atoms with Crippen molar-refractivity contribution in [2.75, 3.05) is 26.1 Å². The van der Waals surface area contributed by atoms with Crippen molar-refractivity contribution in [3.05, 3.63) is 36.2 Å². The van der Waals surface area contributed by atoms with Crippen molar-refractivity contribution in [3.63, 3.8) is 0 Å². The number of ether oxygens (including phenoxy) is 2. The third-order valence-electron chi connectivity index (χ3n) is 3.51. The third-order valence-corrected chi connectivity index (χ3v) is 4.89. The molecule has 1 aromatic carbocycles. The molecule has 8 nitrogen and oxygen atoms in total. The molecule has 1 heterocycles. The Morgan fingerprint density at radius 3 is 2.56 bits per heavy atom. The van der Waals surface area contributed by atoms with Gasteiger partial charge in [0.15, 0.2) is 11.5 Å². The van der Waals surface area contributed by atoms with Crippen LogP contribution in [0.15, 0.2) is 35.4 Å². The minimum Gasteiger partial charge on any atom is -0.493 e. The van der Waals surface area contributed by atoms with Gasteiger partial charge in [-0.15, -0.1) is 0 Å². The molecule has 136 valence electrons. The van der Waals surface area contributed by atoms with E-state index < -0.39 is 15.9 Å². The van der Waals surface area contributed by atoms with E-state index >= 15 is 0 Å². The van der Waals surface area contributed by atoms with Gasteiger partial charge in [-0.05, 0) is 32.2 Å². The van der Waals surface area contributed by atoms with Gasteiger partial charge < -0.3 is 19.4 Å². The van der Waals surface area contributed by atoms with Gasteiger partial charge in [-0.2, -0.15) is 0 Å². The summed E-state index contributed by atoms with van der Waals surface area (Å²) in [5.41, 5.74) is 0.714. The molecule has 0 aliphatic carbocycles. The zero-order valence-corrected chi connectivity index (χ0v) is 15.3. The van der Waals surface area contributed by atoms with Gasteiger partial charge in [0, 0.05) is 25.0 Å². The number of nitrogens with zero attached hydrogens (tertiary/aromatic N) is 1. The first-order valence-corrected chi connectivity index (χ1v) is 9.02. The van der Waals surface area contributed by atoms with Gasteiger partial charge in [-0.1, -0.05) is 0 Å². The maximum Gasteiger partial charge on any atom is 0.272 e. The van der Waals surface area contributed by atoms with Crippen LogP contribution in [0.3, 0.4) is 0 Å². The lowest BCUT2D eigenvalue weighted by Crippen LogP contribution is -2.18. The van der Waals surface area contributed by atoms with Crippen LogP contribution in [0, 0.1) is 0 Å². The van der Waals surface area contributed by atoms with Crippen LogP contribution in [-0.2, 0) is 17.1 Å². The second-order valence-corrected chi connectivity index (χ2v) is 7.02. The summed E-state index contributed by atoms with van der Waals surface area (Å²) in [5.74, 6) is 0.625. The van der Waals surface area contributed by atoms with Crippen molar-refractivity contribution in [1.82, 2.24) is 9.29 Å². The molecule has 0 radical (unpaired) electrons. The highest BCUT2D eigenvalue weighted by molar-refractivity contribution is 7.89. The Morgan fingerprint density at radius 2 is 1.96 bits per heavy atom. The average molecular weight is 367 g/mol. The Labute approximate surface area is 146 Å². The van der Waals surface area contributed by atoms with Crippen LogP contribution in [0.5, 0.6) is 11.5 Å². The van der Waals surface area contributed by atoms with Gasteiger partial charge in [0.25, 0.3) is 5.91 Å². The van der Waals surface area contributed by atoms with E-state index in [1.807, 2.05) is 6.92 Å². The first-order valence-electron chi connectivity index (χ1n) is 7.54. The fourth-order valence-electron chi connectivity index (χ4n) is 2.24. The van der Waals surface area contributed by atoms with Crippen molar-refractivity contribution in [1.29, 1.82) is 0 Å². The first-order chi connectivity index (χ1) is 11.8. The molecule has 0 unspecified atom stereocenters. The normalized spacial score (nSPS) is 11.2. The fraction of sp³-hybridized carbons (Fsp3) is 0.312. The summed E-state index contributed by atoms with van der Waals surface area (Å²) in [6.45, 7) is 2.36. The summed E-state index contributed by atoms with van der Waals surface area (Å²) >= 11 is 0. The lowest BCUT2D eigenvalue weighted by molar-refractivity contribution is 0.101. The molecular weight excluding hydrogens is 346 g/mol. The molecule has 2 N–H and O–H groups in total. The quantitative estimate of drug-likeness (QED) is 0.774. The number of aromatic nitrogens is 1. The number of anilines is 1. The van der Waals surface area contributed by atoms with E-state index in [0.717, 1.165) is 0 Å². The smallest absolute Gasteiger partial charge is 0.272 e. The topological polar surface area (TPSA) is 98.7 Å². The Hall–Kier alpha value is -2.52. The number of hydrogen-bond acceptors (Lipinski definition) is 5. The molecule has 2 aromatic rings. The Morgan fingerprint density at radius 1 is 1.24 bits per heavy atom. The maximum absolute atomic E-state index is 12.5. The first kappa shape index (κ1) is 18.8. The molecule has 1 aromatic heterocycles. The Balaban J connectivity index is 2.26. The molecule has 2 rings (SSSR count). The number of nitrogens with one attached hydrogen (secondary N) is 2. The van der Waals surface area contributed by atoms with Gasteiger partial charge in [-0.3, -0.25) is 4.79 Å². The predicted molar refractivity (Wildman–Crippen MR) is 93.8 cm³/mol. The largest absolute Gasteiger partial charge is 0.493 e. The van der Waals surface area contributed by atoms with Crippen LogP contribution in [0.25, 0.3) is 0 Å². The van der Waals surface area contributed by atoms with Crippen molar-refractivity contribution >= 4 is 21.6 Å². The fourth-order valence-corrected chi connectivity index (χ4v) is 3.04. The van der Waals surface area contributed by atoms with Crippen molar-refractivity contribution < 1.29 is 22.7 Å². The number of aryl methyl sites for hydroxylation is 1. The molecule has 0 spiro atoms. The number of benzene rings is 1. The zero-order valence-electron chi connectivity index (χ0n) is 14.5. The molecule has 1 amide bonds. The molecule has 0 atom stereocenters. The minimum absolute atomic E-state index is 0.0203. The highest BCUT2D eigenvalue weighted by Crippen LogP contribution is 2.30. The second kappa shape index (κ2) is 7.58. The molecule has 0 aliphatic heterocycles. The third kappa shape index (κ3) is 4.12. The van der Waals surface area contributed by atoms with E-state index in [4.69, 9.17) is 9.47 Å². The van der Waals surface area contributed by atoms with E-state index in [-0.39, 0.29) is 10.6 Å². The van der Waals surface area contributed by atoms with Crippen LogP contribution in [0.1, 0.15) is 17.4 Å². The number of rotatable bonds is 7. The van der Waals surface area contributed by atoms with Crippen molar-refractivity contribution in [2.45, 2.75) is 11.8 Å². The van der Waals surface area contributed by atoms with Crippen molar-refractivity contribution in [2.24, 2.45) is 7.05 Å². The zero-order chi connectivity index (χ0) is 18.6. The molecule has 0 aliphatic rings. The lowest BCUT2D eigenvalue weighted by Gasteiger charge is -2.12. The van der Waals surface area contributed by atoms with Gasteiger partial charge in [0.1, 0.15) is 10.6 Å². The molecule has 0 fully saturated rings. The number of methoxy groups -OCH3 is 1. The van der Waals surface area contributed by atoms with E-state index in [2.05, 4.69) is 10.0 Å². The van der Waals surface area contributed by atoms with Crippen LogP contribution in [0.4, 0.5) is 5.69 Å². The second-order valence-electron chi connectivity index (χ2n) is 5.13. The molecule has 9 heteroatoms. The Kier molecular flexibility index (Phi) is 5.70. The van der Waals surface area contributed by atoms with Crippen LogP contribution in [-0.4, -0.2) is 39.7 Å². The standard InChI is InChI=1S/C16H21N3O5S/c1-5-24-14-7-6-11(8-15(14)23-4)18-16(20)13-9-12(10-19(13)3)25(21,22)17-2/h6-10,17H,5H2,1-4H3,(H,18,20). The van der Waals surface area contributed by atoms with Gasteiger partial charge in [0.2, 0.25) is 10.0 Å². The monoisotopic (exact) mass is 367 g/mol. The van der Waals surface area contributed by atoms with Crippen LogP contribution < -0.4 is 19.5 Å². The molecule has 25 heavy (non-hydrogen) atoms. The predicted octanol–water partition coefficient (Wildman–Crippen LogP) is 1.59. The molecular formula is C16H21N3O5S. The van der Waals surface area contributed by atoms with Crippen LogP contribution >= 0.6 is 0 Å². The minimum atomic E-state index is -3.62. The van der Waals surface area contributed by atoms with Crippen LogP contribution in [0.2, 0.25) is 0 Å². The summed E-state index contributed by atoms with van der Waals surface area (Å²) in [5, 5.41) is 2.72. The number of sulfonamides is 1. The SMILES string of the molecule is CCOc1ccc(NC(=O)c2cc(S(=O)(=O)NC)cn2C)cc1OC. The van der Waals surface area contributed by atoms with Gasteiger partial charge in [-0.25, -0.2) is 13.1 Å². The molecule has 0 bridgehead atoms. The molecule has 0 saturated heterocycles. The number of hydrogen-bond donors (Lipinski definition) is 2. The highest BCUT2D eigenvalue weighted by Gasteiger charge is 2.19.